The van der Waals surface area contributed by atoms with E-state index in [9.17, 15) is 0 Å². The number of rotatable bonds is 2. The zero-order chi connectivity index (χ0) is 5.91. The van der Waals surface area contributed by atoms with Gasteiger partial charge in [-0.05, 0) is 20.3 Å². The average molecular weight is 140 g/mol. The Labute approximate surface area is 54.8 Å². The first-order valence-corrected chi connectivity index (χ1v) is 3.08. The fourth-order valence-corrected chi connectivity index (χ4v) is 0.805. The lowest BCUT2D eigenvalue weighted by molar-refractivity contribution is 0.743. The molecule has 1 radical (unpaired) electrons. The molecule has 0 aromatic rings. The van der Waals surface area contributed by atoms with E-state index in [0.717, 1.165) is 6.42 Å². The molecule has 0 saturated heterocycles. The minimum Gasteiger partial charge on any atom is -0.127 e. The summed E-state index contributed by atoms with van der Waals surface area (Å²) in [5, 5.41) is 0. The van der Waals surface area contributed by atoms with Crippen LogP contribution < -0.4 is 0 Å². The summed E-state index contributed by atoms with van der Waals surface area (Å²) < 4.78 is 0. The molecule has 0 bridgehead atoms. The Morgan fingerprint density at radius 3 is 2.14 bits per heavy atom. The van der Waals surface area contributed by atoms with Crippen molar-refractivity contribution in [3.8, 4) is 0 Å². The van der Waals surface area contributed by atoms with Gasteiger partial charge >= 0.3 is 0 Å². The predicted octanol–water partition coefficient (Wildman–Crippen LogP) is 2.45. The van der Waals surface area contributed by atoms with Crippen molar-refractivity contribution in [1.29, 1.82) is 0 Å². The first-order valence-electron chi connectivity index (χ1n) is 2.16. The van der Waals surface area contributed by atoms with Crippen LogP contribution in [0.15, 0.2) is 0 Å². The molecule has 2 heteroatoms. The predicted molar refractivity (Wildman–Crippen MR) is 35.0 cm³/mol. The summed E-state index contributed by atoms with van der Waals surface area (Å²) in [6, 6.07) is 0. The molecular formula is C5H9Cl2. The third kappa shape index (κ3) is 6.58. The molecule has 0 spiro atoms. The number of hydrogen-bond donors (Lipinski definition) is 0. The van der Waals surface area contributed by atoms with Crippen LogP contribution in [0.2, 0.25) is 0 Å². The largest absolute Gasteiger partial charge is 0.127 e. The molecule has 0 fully saturated rings. The van der Waals surface area contributed by atoms with Crippen molar-refractivity contribution in [3.63, 3.8) is 0 Å². The summed E-state index contributed by atoms with van der Waals surface area (Å²) in [6.45, 7) is 5.49. The van der Waals surface area contributed by atoms with Gasteiger partial charge < -0.3 is 0 Å². The van der Waals surface area contributed by atoms with Crippen LogP contribution >= 0.6 is 23.2 Å². The van der Waals surface area contributed by atoms with Gasteiger partial charge in [0, 0.05) is 10.8 Å². The van der Waals surface area contributed by atoms with Gasteiger partial charge in [-0.2, -0.15) is 0 Å². The fraction of sp³-hybridized carbons (Fsp3) is 0.800. The molecule has 0 aromatic carbocycles. The van der Waals surface area contributed by atoms with Crippen LogP contribution in [0.5, 0.6) is 0 Å². The molecule has 0 saturated carbocycles. The van der Waals surface area contributed by atoms with Crippen molar-refractivity contribution in [2.75, 3.05) is 5.88 Å². The Morgan fingerprint density at radius 1 is 1.71 bits per heavy atom. The van der Waals surface area contributed by atoms with Crippen molar-refractivity contribution < 1.29 is 0 Å². The molecule has 7 heavy (non-hydrogen) atoms. The molecule has 1 atom stereocenters. The molecule has 0 nitrogen and oxygen atoms in total. The molecule has 0 N–H and O–H groups in total. The van der Waals surface area contributed by atoms with Gasteiger partial charge in [0.2, 0.25) is 0 Å². The maximum Gasteiger partial charge on any atom is 0.0430 e. The van der Waals surface area contributed by atoms with Crippen LogP contribution in [-0.4, -0.2) is 10.8 Å². The SMILES string of the molecule is [CH2]C(C)(Cl)CCCl. The monoisotopic (exact) mass is 139 g/mol. The third-order valence-electron chi connectivity index (χ3n) is 0.616. The molecule has 0 aliphatic carbocycles. The third-order valence-corrected chi connectivity index (χ3v) is 0.994. The number of alkyl halides is 2. The maximum atomic E-state index is 5.64. The van der Waals surface area contributed by atoms with Crippen LogP contribution in [0.1, 0.15) is 13.3 Å². The van der Waals surface area contributed by atoms with Crippen LogP contribution in [0.25, 0.3) is 0 Å². The highest BCUT2D eigenvalue weighted by molar-refractivity contribution is 6.25. The van der Waals surface area contributed by atoms with Crippen molar-refractivity contribution in [3.05, 3.63) is 6.92 Å². The van der Waals surface area contributed by atoms with Crippen molar-refractivity contribution in [2.24, 2.45) is 0 Å². The highest BCUT2D eigenvalue weighted by atomic mass is 35.5. The highest BCUT2D eigenvalue weighted by Crippen LogP contribution is 2.16. The van der Waals surface area contributed by atoms with E-state index in [2.05, 4.69) is 6.92 Å². The Hall–Kier alpha value is 0.580. The summed E-state index contributed by atoms with van der Waals surface area (Å²) in [7, 11) is 0. The number of halogens is 2. The first kappa shape index (κ1) is 7.58. The maximum absolute atomic E-state index is 5.64. The lowest BCUT2D eigenvalue weighted by atomic mass is 10.1. The van der Waals surface area contributed by atoms with Crippen LogP contribution in [0.4, 0.5) is 0 Å². The van der Waals surface area contributed by atoms with Crippen molar-refractivity contribution in [2.45, 2.75) is 18.2 Å². The summed E-state index contributed by atoms with van der Waals surface area (Å²) in [6.07, 6.45) is 0.760. The highest BCUT2D eigenvalue weighted by Gasteiger charge is 2.10. The average Bonchev–Trinajstić information content (AvgIpc) is 1.30. The van der Waals surface area contributed by atoms with Crippen LogP contribution in [0.3, 0.4) is 0 Å². The second-order valence-corrected chi connectivity index (χ2v) is 3.14. The van der Waals surface area contributed by atoms with Gasteiger partial charge in [-0.3, -0.25) is 0 Å². The topological polar surface area (TPSA) is 0 Å². The lowest BCUT2D eigenvalue weighted by Crippen LogP contribution is -2.10. The Kier molecular flexibility index (Phi) is 3.01. The fourth-order valence-electron chi connectivity index (χ4n) is 0.197. The quantitative estimate of drug-likeness (QED) is 0.516. The van der Waals surface area contributed by atoms with Gasteiger partial charge in [-0.1, -0.05) is 0 Å². The summed E-state index contributed by atoms with van der Waals surface area (Å²) in [4.78, 5) is -0.359. The molecule has 1 unspecified atom stereocenters. The van der Waals surface area contributed by atoms with Gasteiger partial charge in [0.15, 0.2) is 0 Å². The summed E-state index contributed by atoms with van der Waals surface area (Å²) >= 11 is 11.0. The summed E-state index contributed by atoms with van der Waals surface area (Å²) in [5.74, 6) is 0.587. The zero-order valence-corrected chi connectivity index (χ0v) is 5.89. The molecule has 0 aliphatic heterocycles. The lowest BCUT2D eigenvalue weighted by Gasteiger charge is -2.11. The van der Waals surface area contributed by atoms with E-state index in [1.165, 1.54) is 0 Å². The van der Waals surface area contributed by atoms with E-state index in [1.54, 1.807) is 0 Å². The molecule has 0 aromatic heterocycles. The zero-order valence-electron chi connectivity index (χ0n) is 4.38. The smallest absolute Gasteiger partial charge is 0.0430 e. The van der Waals surface area contributed by atoms with E-state index in [-0.39, 0.29) is 4.87 Å². The van der Waals surface area contributed by atoms with E-state index in [1.807, 2.05) is 6.92 Å². The van der Waals surface area contributed by atoms with Crippen molar-refractivity contribution in [1.82, 2.24) is 0 Å². The Morgan fingerprint density at radius 2 is 2.14 bits per heavy atom. The standard InChI is InChI=1S/C5H9Cl2/c1-5(2,7)3-4-6/h1,3-4H2,2H3. The second-order valence-electron chi connectivity index (χ2n) is 1.85. The van der Waals surface area contributed by atoms with Gasteiger partial charge in [-0.15, -0.1) is 23.2 Å². The molecular weight excluding hydrogens is 131 g/mol. The molecule has 0 heterocycles. The minimum atomic E-state index is -0.359. The van der Waals surface area contributed by atoms with E-state index >= 15 is 0 Å². The molecule has 43 valence electrons. The summed E-state index contributed by atoms with van der Waals surface area (Å²) in [5.41, 5.74) is 0. The molecule has 0 rings (SSSR count). The second kappa shape index (κ2) is 2.78. The van der Waals surface area contributed by atoms with Gasteiger partial charge in [0.1, 0.15) is 0 Å². The van der Waals surface area contributed by atoms with Crippen LogP contribution in [0, 0.1) is 6.92 Å². The van der Waals surface area contributed by atoms with E-state index < -0.39 is 0 Å². The van der Waals surface area contributed by atoms with Crippen LogP contribution in [-0.2, 0) is 0 Å². The normalized spacial score (nSPS) is 12.0. The van der Waals surface area contributed by atoms with E-state index in [4.69, 9.17) is 23.2 Å². The number of hydrogen-bond acceptors (Lipinski definition) is 0. The van der Waals surface area contributed by atoms with Gasteiger partial charge in [0.25, 0.3) is 0 Å². The first-order chi connectivity index (χ1) is 3.06. The molecule has 0 aliphatic rings. The minimum absolute atomic E-state index is 0.359. The van der Waals surface area contributed by atoms with E-state index in [0.29, 0.717) is 5.88 Å². The van der Waals surface area contributed by atoms with Gasteiger partial charge in [0.05, 0.1) is 0 Å². The van der Waals surface area contributed by atoms with Crippen molar-refractivity contribution >= 4 is 23.2 Å². The Bertz CT molecular complexity index is 44.5. The molecule has 0 amide bonds. The van der Waals surface area contributed by atoms with Gasteiger partial charge in [-0.25, -0.2) is 0 Å². The Balaban J connectivity index is 3.15.